The zero-order chi connectivity index (χ0) is 14.6. The zero-order valence-electron chi connectivity index (χ0n) is 12.8. The van der Waals surface area contributed by atoms with E-state index in [1.54, 1.807) is 7.11 Å². The first-order valence-electron chi connectivity index (χ1n) is 7.66. The third kappa shape index (κ3) is 7.44. The number of aliphatic hydroxyl groups excluding tert-OH is 1. The van der Waals surface area contributed by atoms with Gasteiger partial charge >= 0.3 is 130 Å². The first-order chi connectivity index (χ1) is 9.77. The van der Waals surface area contributed by atoms with Gasteiger partial charge in [0.05, 0.1) is 0 Å². The van der Waals surface area contributed by atoms with E-state index in [-0.39, 0.29) is 12.2 Å². The molecule has 0 radical (unpaired) electrons. The van der Waals surface area contributed by atoms with Gasteiger partial charge in [0.2, 0.25) is 0 Å². The van der Waals surface area contributed by atoms with E-state index in [4.69, 9.17) is 4.74 Å². The molecule has 0 bridgehead atoms. The Morgan fingerprint density at radius 2 is 1.80 bits per heavy atom. The van der Waals surface area contributed by atoms with Gasteiger partial charge in [-0.3, -0.25) is 0 Å². The van der Waals surface area contributed by atoms with Crippen LogP contribution in [0, 0.1) is 0 Å². The first-order valence-corrected chi connectivity index (χ1v) is 9.73. The third-order valence-electron chi connectivity index (χ3n) is 3.49. The molecule has 3 heteroatoms. The summed E-state index contributed by atoms with van der Waals surface area (Å²) >= 11 is 0.380. The Morgan fingerprint density at radius 3 is 2.45 bits per heavy atom. The van der Waals surface area contributed by atoms with E-state index in [2.05, 4.69) is 31.2 Å². The van der Waals surface area contributed by atoms with Gasteiger partial charge < -0.3 is 0 Å². The van der Waals surface area contributed by atoms with Crippen molar-refractivity contribution < 1.29 is 9.84 Å². The predicted molar refractivity (Wildman–Crippen MR) is 86.8 cm³/mol. The van der Waals surface area contributed by atoms with Crippen LogP contribution in [0.5, 0.6) is 0 Å². The summed E-state index contributed by atoms with van der Waals surface area (Å²) in [7, 11) is 1.71. The fourth-order valence-electron chi connectivity index (χ4n) is 2.17. The third-order valence-corrected chi connectivity index (χ3v) is 5.80. The number of unbranched alkanes of at least 4 members (excludes halogenated alkanes) is 4. The van der Waals surface area contributed by atoms with Gasteiger partial charge in [0.15, 0.2) is 0 Å². The molecule has 2 nitrogen and oxygen atoms in total. The zero-order valence-corrected chi connectivity index (χ0v) is 14.5. The van der Waals surface area contributed by atoms with E-state index >= 15 is 0 Å². The standard InChI is InChI=1S/C17H28O2Se/c1-3-4-5-6-10-13-16(18)17(19-2)14-20-15-11-8-7-9-12-15/h7-9,11-12,16-18H,3-6,10,13-14H2,1-2H3. The van der Waals surface area contributed by atoms with Crippen molar-refractivity contribution in [2.45, 2.75) is 63.0 Å². The molecule has 0 spiro atoms. The van der Waals surface area contributed by atoms with E-state index in [1.807, 2.05) is 6.07 Å². The second-order valence-electron chi connectivity index (χ2n) is 5.17. The van der Waals surface area contributed by atoms with Gasteiger partial charge in [-0.25, -0.2) is 0 Å². The Hall–Kier alpha value is -0.341. The molecule has 2 atom stereocenters. The van der Waals surface area contributed by atoms with Gasteiger partial charge in [-0.2, -0.15) is 0 Å². The summed E-state index contributed by atoms with van der Waals surface area (Å²) in [6.07, 6.45) is 6.74. The summed E-state index contributed by atoms with van der Waals surface area (Å²) in [6, 6.07) is 10.5. The van der Waals surface area contributed by atoms with E-state index in [1.165, 1.54) is 30.1 Å². The van der Waals surface area contributed by atoms with Crippen LogP contribution in [0.15, 0.2) is 30.3 Å². The maximum absolute atomic E-state index is 10.2. The van der Waals surface area contributed by atoms with Crippen LogP contribution in [0.1, 0.15) is 45.4 Å². The molecule has 0 aliphatic carbocycles. The van der Waals surface area contributed by atoms with Crippen LogP contribution in [0.25, 0.3) is 0 Å². The van der Waals surface area contributed by atoms with Gasteiger partial charge in [0.25, 0.3) is 0 Å². The number of ether oxygens (including phenoxy) is 1. The van der Waals surface area contributed by atoms with Crippen molar-refractivity contribution in [2.75, 3.05) is 7.11 Å². The summed E-state index contributed by atoms with van der Waals surface area (Å²) in [6.45, 7) is 2.22. The molecular formula is C17H28O2Se. The number of methoxy groups -OCH3 is 1. The molecule has 1 aromatic carbocycles. The number of benzene rings is 1. The predicted octanol–water partition coefficient (Wildman–Crippen LogP) is 3.17. The molecule has 2 unspecified atom stereocenters. The monoisotopic (exact) mass is 344 g/mol. The molecule has 1 aromatic rings. The summed E-state index contributed by atoms with van der Waals surface area (Å²) in [5, 5.41) is 11.2. The van der Waals surface area contributed by atoms with E-state index in [0.29, 0.717) is 15.0 Å². The van der Waals surface area contributed by atoms with Crippen LogP contribution in [0.2, 0.25) is 5.32 Å². The van der Waals surface area contributed by atoms with Crippen molar-refractivity contribution >= 4 is 19.4 Å². The number of rotatable bonds is 11. The molecule has 0 aromatic heterocycles. The van der Waals surface area contributed by atoms with Gasteiger partial charge in [-0.15, -0.1) is 0 Å². The molecule has 20 heavy (non-hydrogen) atoms. The first kappa shape index (κ1) is 17.7. The fraction of sp³-hybridized carbons (Fsp3) is 0.647. The molecule has 0 aliphatic rings. The topological polar surface area (TPSA) is 29.5 Å². The molecule has 0 aliphatic heterocycles. The van der Waals surface area contributed by atoms with Crippen LogP contribution in [-0.2, 0) is 4.74 Å². The fourth-order valence-corrected chi connectivity index (χ4v) is 4.41. The minimum absolute atomic E-state index is 0.0126. The molecule has 1 rings (SSSR count). The average molecular weight is 343 g/mol. The van der Waals surface area contributed by atoms with Crippen LogP contribution in [0.4, 0.5) is 0 Å². The second-order valence-corrected chi connectivity index (χ2v) is 7.46. The Balaban J connectivity index is 2.23. The number of hydrogen-bond acceptors (Lipinski definition) is 2. The van der Waals surface area contributed by atoms with Crippen LogP contribution >= 0.6 is 0 Å². The molecular weight excluding hydrogens is 315 g/mol. The van der Waals surface area contributed by atoms with Gasteiger partial charge in [-0.1, -0.05) is 0 Å². The molecule has 0 saturated carbocycles. The summed E-state index contributed by atoms with van der Waals surface area (Å²) in [5.74, 6) is 0. The Morgan fingerprint density at radius 1 is 1.10 bits per heavy atom. The molecule has 1 N–H and O–H groups in total. The van der Waals surface area contributed by atoms with Crippen LogP contribution in [-0.4, -0.2) is 39.4 Å². The molecule has 0 saturated heterocycles. The minimum atomic E-state index is -0.313. The quantitative estimate of drug-likeness (QED) is 0.494. The molecule has 0 fully saturated rings. The molecule has 0 heterocycles. The molecule has 0 amide bonds. The van der Waals surface area contributed by atoms with E-state index in [9.17, 15) is 5.11 Å². The van der Waals surface area contributed by atoms with Gasteiger partial charge in [-0.05, 0) is 0 Å². The number of hydrogen-bond donors (Lipinski definition) is 1. The van der Waals surface area contributed by atoms with Crippen molar-refractivity contribution in [1.29, 1.82) is 0 Å². The summed E-state index contributed by atoms with van der Waals surface area (Å²) in [4.78, 5) is 0. The maximum atomic E-state index is 10.2. The number of aliphatic hydroxyl groups is 1. The summed E-state index contributed by atoms with van der Waals surface area (Å²) < 4.78 is 6.85. The van der Waals surface area contributed by atoms with Gasteiger partial charge in [0, 0.05) is 0 Å². The van der Waals surface area contributed by atoms with Crippen molar-refractivity contribution in [3.8, 4) is 0 Å². The Labute approximate surface area is 130 Å². The van der Waals surface area contributed by atoms with Crippen molar-refractivity contribution in [1.82, 2.24) is 0 Å². The van der Waals surface area contributed by atoms with Crippen LogP contribution in [0.3, 0.4) is 0 Å². The Kier molecular flexibility index (Phi) is 10.0. The van der Waals surface area contributed by atoms with E-state index < -0.39 is 0 Å². The molecule has 114 valence electrons. The van der Waals surface area contributed by atoms with Gasteiger partial charge in [0.1, 0.15) is 0 Å². The normalized spacial score (nSPS) is 14.2. The average Bonchev–Trinajstić information content (AvgIpc) is 2.48. The van der Waals surface area contributed by atoms with Crippen molar-refractivity contribution in [2.24, 2.45) is 0 Å². The van der Waals surface area contributed by atoms with Crippen LogP contribution < -0.4 is 4.46 Å². The van der Waals surface area contributed by atoms with E-state index in [0.717, 1.165) is 18.2 Å². The van der Waals surface area contributed by atoms with Crippen molar-refractivity contribution in [3.63, 3.8) is 0 Å². The second kappa shape index (κ2) is 11.3. The SMILES string of the molecule is CCCCCCCC(O)C(C[Se]c1ccccc1)OC. The summed E-state index contributed by atoms with van der Waals surface area (Å²) in [5.41, 5.74) is 0. The Bertz CT molecular complexity index is 329. The van der Waals surface area contributed by atoms with Crippen molar-refractivity contribution in [3.05, 3.63) is 30.3 Å².